The fourth-order valence-corrected chi connectivity index (χ4v) is 2.55. The highest BCUT2D eigenvalue weighted by Gasteiger charge is 2.23. The summed E-state index contributed by atoms with van der Waals surface area (Å²) in [5, 5.41) is 22.8. The van der Waals surface area contributed by atoms with Gasteiger partial charge in [-0.1, -0.05) is 0 Å². The van der Waals surface area contributed by atoms with Gasteiger partial charge in [0, 0.05) is 25.2 Å². The number of carbonyl (C=O) groups is 1. The first-order chi connectivity index (χ1) is 10.5. The number of likely N-dealkylation sites (tertiary alicyclic amines) is 1. The van der Waals surface area contributed by atoms with Crippen LogP contribution >= 0.6 is 0 Å². The Morgan fingerprint density at radius 1 is 1.41 bits per heavy atom. The van der Waals surface area contributed by atoms with E-state index in [1.54, 1.807) is 6.92 Å². The summed E-state index contributed by atoms with van der Waals surface area (Å²) in [5.41, 5.74) is 0.454. The number of benzene rings is 1. The van der Waals surface area contributed by atoms with Crippen molar-refractivity contribution in [2.75, 3.05) is 18.4 Å². The molecule has 0 aromatic heterocycles. The van der Waals surface area contributed by atoms with Crippen molar-refractivity contribution in [1.82, 2.24) is 4.90 Å². The lowest BCUT2D eigenvalue weighted by atomic mass is 10.1. The number of hydrogen-bond donors (Lipinski definition) is 1. The minimum absolute atomic E-state index is 0.0121. The summed E-state index contributed by atoms with van der Waals surface area (Å²) in [6.07, 6.45) is 3.17. The quantitative estimate of drug-likeness (QED) is 0.679. The highest BCUT2D eigenvalue weighted by Crippen LogP contribution is 2.22. The van der Waals surface area contributed by atoms with Crippen LogP contribution in [0.1, 0.15) is 31.7 Å². The van der Waals surface area contributed by atoms with E-state index in [1.165, 1.54) is 18.2 Å². The second-order valence-corrected chi connectivity index (χ2v) is 5.35. The zero-order valence-electron chi connectivity index (χ0n) is 12.4. The number of amides is 1. The van der Waals surface area contributed by atoms with Crippen LogP contribution in [0.2, 0.25) is 0 Å². The molecule has 1 amide bonds. The molecule has 1 aromatic rings. The lowest BCUT2D eigenvalue weighted by Gasteiger charge is -2.29. The van der Waals surface area contributed by atoms with Gasteiger partial charge < -0.3 is 10.2 Å². The van der Waals surface area contributed by atoms with Crippen molar-refractivity contribution in [2.45, 2.75) is 32.2 Å². The summed E-state index contributed by atoms with van der Waals surface area (Å²) < 4.78 is 0. The van der Waals surface area contributed by atoms with Gasteiger partial charge in [0.05, 0.1) is 16.2 Å². The van der Waals surface area contributed by atoms with E-state index in [9.17, 15) is 14.9 Å². The van der Waals surface area contributed by atoms with Gasteiger partial charge in [-0.05, 0) is 32.3 Å². The van der Waals surface area contributed by atoms with Gasteiger partial charge in [0.15, 0.2) is 0 Å². The number of non-ortho nitro benzene ring substituents is 1. The molecule has 7 nitrogen and oxygen atoms in total. The van der Waals surface area contributed by atoms with Crippen LogP contribution in [0, 0.1) is 21.4 Å². The second-order valence-electron chi connectivity index (χ2n) is 5.35. The minimum Gasteiger partial charge on any atom is -0.373 e. The molecule has 0 spiro atoms. The number of nitro benzene ring substituents is 1. The highest BCUT2D eigenvalue weighted by molar-refractivity contribution is 5.85. The Kier molecular flexibility index (Phi) is 4.94. The maximum absolute atomic E-state index is 12.3. The third-order valence-corrected chi connectivity index (χ3v) is 3.74. The molecule has 1 fully saturated rings. The third kappa shape index (κ3) is 3.52. The molecule has 1 aromatic carbocycles. The van der Waals surface area contributed by atoms with Gasteiger partial charge in [-0.2, -0.15) is 5.26 Å². The van der Waals surface area contributed by atoms with Crippen LogP contribution in [-0.4, -0.2) is 34.9 Å². The molecule has 1 aliphatic rings. The number of anilines is 1. The van der Waals surface area contributed by atoms with E-state index >= 15 is 0 Å². The van der Waals surface area contributed by atoms with E-state index in [0.717, 1.165) is 32.4 Å². The van der Waals surface area contributed by atoms with E-state index in [-0.39, 0.29) is 17.2 Å². The van der Waals surface area contributed by atoms with E-state index in [2.05, 4.69) is 5.32 Å². The summed E-state index contributed by atoms with van der Waals surface area (Å²) in [4.78, 5) is 24.4. The number of piperidine rings is 1. The zero-order chi connectivity index (χ0) is 16.1. The molecule has 116 valence electrons. The summed E-state index contributed by atoms with van der Waals surface area (Å²) in [5.74, 6) is -0.0121. The van der Waals surface area contributed by atoms with Crippen LogP contribution in [0.25, 0.3) is 0 Å². The summed E-state index contributed by atoms with van der Waals surface area (Å²) in [6.45, 7) is 3.26. The van der Waals surface area contributed by atoms with Gasteiger partial charge in [0.25, 0.3) is 5.69 Å². The van der Waals surface area contributed by atoms with Crippen molar-refractivity contribution < 1.29 is 9.72 Å². The average Bonchev–Trinajstić information content (AvgIpc) is 2.55. The lowest BCUT2D eigenvalue weighted by molar-refractivity contribution is -0.384. The molecule has 0 bridgehead atoms. The minimum atomic E-state index is -0.549. The van der Waals surface area contributed by atoms with Gasteiger partial charge in [-0.15, -0.1) is 0 Å². The fourth-order valence-electron chi connectivity index (χ4n) is 2.55. The normalized spacial score (nSPS) is 15.7. The van der Waals surface area contributed by atoms with Crippen LogP contribution in [0.5, 0.6) is 0 Å². The van der Waals surface area contributed by atoms with Crippen LogP contribution in [0.3, 0.4) is 0 Å². The summed E-state index contributed by atoms with van der Waals surface area (Å²) >= 11 is 0. The third-order valence-electron chi connectivity index (χ3n) is 3.74. The second kappa shape index (κ2) is 6.89. The monoisotopic (exact) mass is 302 g/mol. The van der Waals surface area contributed by atoms with E-state index < -0.39 is 11.0 Å². The molecular formula is C15H18N4O3. The molecule has 2 rings (SSSR count). The van der Waals surface area contributed by atoms with E-state index in [4.69, 9.17) is 5.26 Å². The molecule has 22 heavy (non-hydrogen) atoms. The SMILES string of the molecule is C[C@@H](Nc1ccc([N+](=O)[O-])cc1C#N)C(=O)N1CCCCC1. The van der Waals surface area contributed by atoms with Crippen molar-refractivity contribution in [1.29, 1.82) is 5.26 Å². The Labute approximate surface area is 128 Å². The molecule has 1 N–H and O–H groups in total. The number of nitro groups is 1. The van der Waals surface area contributed by atoms with Crippen LogP contribution in [0.4, 0.5) is 11.4 Å². The standard InChI is InChI=1S/C15H18N4O3/c1-11(15(20)18-7-3-2-4-8-18)17-14-6-5-13(19(21)22)9-12(14)10-16/h5-6,9,11,17H,2-4,7-8H2,1H3/t11-/m1/s1. The molecule has 0 unspecified atom stereocenters. The molecular weight excluding hydrogens is 284 g/mol. The van der Waals surface area contributed by atoms with E-state index in [1.807, 2.05) is 11.0 Å². The number of nitrogens with zero attached hydrogens (tertiary/aromatic N) is 3. The molecule has 1 saturated heterocycles. The molecule has 1 aliphatic heterocycles. The maximum atomic E-state index is 12.3. The van der Waals surface area contributed by atoms with Gasteiger partial charge >= 0.3 is 0 Å². The topological polar surface area (TPSA) is 99.3 Å². The van der Waals surface area contributed by atoms with Gasteiger partial charge in [0.2, 0.25) is 5.91 Å². The number of hydrogen-bond acceptors (Lipinski definition) is 5. The van der Waals surface area contributed by atoms with Crippen molar-refractivity contribution in [3.8, 4) is 6.07 Å². The van der Waals surface area contributed by atoms with Gasteiger partial charge in [-0.3, -0.25) is 14.9 Å². The Balaban J connectivity index is 2.10. The number of nitrogens with one attached hydrogen (secondary N) is 1. The number of rotatable bonds is 4. The van der Waals surface area contributed by atoms with E-state index in [0.29, 0.717) is 5.69 Å². The Morgan fingerprint density at radius 3 is 2.68 bits per heavy atom. The van der Waals surface area contributed by atoms with Crippen molar-refractivity contribution >= 4 is 17.3 Å². The largest absolute Gasteiger partial charge is 0.373 e. The van der Waals surface area contributed by atoms with Gasteiger partial charge in [-0.25, -0.2) is 0 Å². The molecule has 0 saturated carbocycles. The lowest BCUT2D eigenvalue weighted by Crippen LogP contribution is -2.44. The molecule has 1 atom stereocenters. The van der Waals surface area contributed by atoms with Crippen molar-refractivity contribution in [2.24, 2.45) is 0 Å². The summed E-state index contributed by atoms with van der Waals surface area (Å²) in [6, 6.07) is 5.44. The number of nitriles is 1. The maximum Gasteiger partial charge on any atom is 0.270 e. The fraction of sp³-hybridized carbons (Fsp3) is 0.467. The van der Waals surface area contributed by atoms with Crippen molar-refractivity contribution in [3.63, 3.8) is 0 Å². The smallest absolute Gasteiger partial charge is 0.270 e. The van der Waals surface area contributed by atoms with Crippen LogP contribution in [0.15, 0.2) is 18.2 Å². The van der Waals surface area contributed by atoms with Gasteiger partial charge in [0.1, 0.15) is 12.1 Å². The predicted octanol–water partition coefficient (Wildman–Crippen LogP) is 2.28. The average molecular weight is 302 g/mol. The molecule has 1 heterocycles. The Bertz CT molecular complexity index is 618. The Hall–Kier alpha value is -2.62. The molecule has 7 heteroatoms. The first kappa shape index (κ1) is 15.8. The Morgan fingerprint density at radius 2 is 2.09 bits per heavy atom. The molecule has 0 aliphatic carbocycles. The zero-order valence-corrected chi connectivity index (χ0v) is 12.4. The van der Waals surface area contributed by atoms with Crippen LogP contribution < -0.4 is 5.32 Å². The molecule has 0 radical (unpaired) electrons. The first-order valence-corrected chi connectivity index (χ1v) is 7.27. The summed E-state index contributed by atoms with van der Waals surface area (Å²) in [7, 11) is 0. The van der Waals surface area contributed by atoms with Crippen molar-refractivity contribution in [3.05, 3.63) is 33.9 Å². The number of carbonyl (C=O) groups excluding carboxylic acids is 1. The predicted molar refractivity (Wildman–Crippen MR) is 81.3 cm³/mol. The first-order valence-electron chi connectivity index (χ1n) is 7.27. The van der Waals surface area contributed by atoms with Crippen LogP contribution in [-0.2, 0) is 4.79 Å². The highest BCUT2D eigenvalue weighted by atomic mass is 16.6.